The van der Waals surface area contributed by atoms with Gasteiger partial charge in [0, 0.05) is 24.3 Å². The average Bonchev–Trinajstić information content (AvgIpc) is 3.00. The highest BCUT2D eigenvalue weighted by Gasteiger charge is 2.36. The topological polar surface area (TPSA) is 61.4 Å². The molecule has 2 atom stereocenters. The Morgan fingerprint density at radius 2 is 1.81 bits per heavy atom. The van der Waals surface area contributed by atoms with E-state index in [-0.39, 0.29) is 11.7 Å². The van der Waals surface area contributed by atoms with Crippen molar-refractivity contribution in [3.05, 3.63) is 29.8 Å². The third kappa shape index (κ3) is 3.31. The van der Waals surface area contributed by atoms with Crippen LogP contribution in [0.4, 0.5) is 5.69 Å². The number of carbonyl (C=O) groups is 2. The number of rotatable bonds is 4. The summed E-state index contributed by atoms with van der Waals surface area (Å²) >= 11 is 0. The summed E-state index contributed by atoms with van der Waals surface area (Å²) in [6.45, 7) is 6.15. The molecule has 0 bridgehead atoms. The molecule has 0 aromatic heterocycles. The first-order valence-corrected chi connectivity index (χ1v) is 7.46. The first kappa shape index (κ1) is 14.2. The largest absolute Gasteiger partial charge is 0.325 e. The van der Waals surface area contributed by atoms with E-state index in [1.165, 1.54) is 6.92 Å². The summed E-state index contributed by atoms with van der Waals surface area (Å²) < 4.78 is 0. The Labute approximate surface area is 124 Å². The Morgan fingerprint density at radius 1 is 1.19 bits per heavy atom. The second-order valence-electron chi connectivity index (χ2n) is 6.05. The Hall–Kier alpha value is -1.72. The average molecular weight is 287 g/mol. The van der Waals surface area contributed by atoms with Gasteiger partial charge in [-0.15, -0.1) is 0 Å². The quantitative estimate of drug-likeness (QED) is 0.810. The van der Waals surface area contributed by atoms with Gasteiger partial charge in [-0.3, -0.25) is 14.5 Å². The summed E-state index contributed by atoms with van der Waals surface area (Å²) in [5, 5.41) is 6.29. The minimum absolute atomic E-state index is 0.0125. The number of benzene rings is 1. The highest BCUT2D eigenvalue weighted by molar-refractivity contribution is 5.96. The number of anilines is 1. The lowest BCUT2D eigenvalue weighted by atomic mass is 10.0. The third-order valence-electron chi connectivity index (χ3n) is 4.41. The van der Waals surface area contributed by atoms with Crippen molar-refractivity contribution in [2.75, 3.05) is 38.0 Å². The molecule has 0 radical (unpaired) electrons. The minimum Gasteiger partial charge on any atom is -0.325 e. The fourth-order valence-corrected chi connectivity index (χ4v) is 3.27. The van der Waals surface area contributed by atoms with Gasteiger partial charge in [0.25, 0.3) is 0 Å². The number of fused-ring (bicyclic) bond motifs is 1. The van der Waals surface area contributed by atoms with E-state index < -0.39 is 0 Å². The maximum atomic E-state index is 12.1. The van der Waals surface area contributed by atoms with Crippen LogP contribution in [0.15, 0.2) is 24.3 Å². The number of hydrogen-bond donors (Lipinski definition) is 2. The highest BCUT2D eigenvalue weighted by atomic mass is 16.2. The molecular weight excluding hydrogens is 266 g/mol. The molecule has 2 heterocycles. The third-order valence-corrected chi connectivity index (χ3v) is 4.41. The first-order chi connectivity index (χ1) is 10.1. The lowest BCUT2D eigenvalue weighted by molar-refractivity contribution is -0.117. The zero-order chi connectivity index (χ0) is 14.8. The van der Waals surface area contributed by atoms with Crippen molar-refractivity contribution in [1.82, 2.24) is 10.2 Å². The van der Waals surface area contributed by atoms with E-state index in [1.54, 1.807) is 24.3 Å². The van der Waals surface area contributed by atoms with E-state index in [1.807, 2.05) is 0 Å². The zero-order valence-electron chi connectivity index (χ0n) is 12.3. The number of nitrogens with one attached hydrogen (secondary N) is 2. The van der Waals surface area contributed by atoms with Gasteiger partial charge in [-0.25, -0.2) is 0 Å². The Kier molecular flexibility index (Phi) is 4.03. The van der Waals surface area contributed by atoms with Gasteiger partial charge in [0.2, 0.25) is 5.91 Å². The summed E-state index contributed by atoms with van der Waals surface area (Å²) in [5.41, 5.74) is 1.40. The molecule has 2 N–H and O–H groups in total. The molecule has 0 saturated carbocycles. The zero-order valence-corrected chi connectivity index (χ0v) is 12.3. The van der Waals surface area contributed by atoms with Crippen LogP contribution >= 0.6 is 0 Å². The highest BCUT2D eigenvalue weighted by Crippen LogP contribution is 2.25. The van der Waals surface area contributed by atoms with Gasteiger partial charge in [-0.05, 0) is 56.1 Å². The molecule has 1 aromatic rings. The van der Waals surface area contributed by atoms with E-state index in [0.717, 1.165) is 31.9 Å². The van der Waals surface area contributed by atoms with E-state index in [2.05, 4.69) is 15.5 Å². The molecule has 2 saturated heterocycles. The number of likely N-dealkylation sites (tertiary alicyclic amines) is 1. The standard InChI is InChI=1S/C16H21N3O2/c1-11(20)12-2-4-15(5-3-12)18-16(21)10-19-8-13-6-17-7-14(13)9-19/h2-5,13-14,17H,6-10H2,1H3,(H,18,21). The summed E-state index contributed by atoms with van der Waals surface area (Å²) in [5.74, 6) is 1.45. The van der Waals surface area contributed by atoms with Gasteiger partial charge in [0.1, 0.15) is 0 Å². The van der Waals surface area contributed by atoms with Crippen LogP contribution in [-0.4, -0.2) is 49.3 Å². The van der Waals surface area contributed by atoms with Crippen LogP contribution in [0.3, 0.4) is 0 Å². The summed E-state index contributed by atoms with van der Waals surface area (Å²) in [4.78, 5) is 25.5. The molecule has 2 fully saturated rings. The van der Waals surface area contributed by atoms with Crippen molar-refractivity contribution >= 4 is 17.4 Å². The lowest BCUT2D eigenvalue weighted by Crippen LogP contribution is -2.33. The molecule has 5 nitrogen and oxygen atoms in total. The van der Waals surface area contributed by atoms with Crippen molar-refractivity contribution in [1.29, 1.82) is 0 Å². The smallest absolute Gasteiger partial charge is 0.238 e. The molecule has 2 aliphatic rings. The van der Waals surface area contributed by atoms with Crippen molar-refractivity contribution in [2.24, 2.45) is 11.8 Å². The minimum atomic E-state index is 0.0125. The first-order valence-electron chi connectivity index (χ1n) is 7.46. The molecule has 5 heteroatoms. The van der Waals surface area contributed by atoms with Crippen molar-refractivity contribution in [3.8, 4) is 0 Å². The van der Waals surface area contributed by atoms with Gasteiger partial charge in [-0.2, -0.15) is 0 Å². The van der Waals surface area contributed by atoms with Crippen LogP contribution < -0.4 is 10.6 Å². The number of amides is 1. The number of ketones is 1. The molecule has 2 unspecified atom stereocenters. The fourth-order valence-electron chi connectivity index (χ4n) is 3.27. The van der Waals surface area contributed by atoms with Crippen LogP contribution in [0.5, 0.6) is 0 Å². The van der Waals surface area contributed by atoms with Gasteiger partial charge < -0.3 is 10.6 Å². The SMILES string of the molecule is CC(=O)c1ccc(NC(=O)CN2CC3CNCC3C2)cc1. The second-order valence-corrected chi connectivity index (χ2v) is 6.05. The molecule has 1 amide bonds. The predicted molar refractivity (Wildman–Crippen MR) is 81.4 cm³/mol. The second kappa shape index (κ2) is 5.95. The Bertz CT molecular complexity index is 529. The molecular formula is C16H21N3O2. The van der Waals surface area contributed by atoms with Gasteiger partial charge in [0.05, 0.1) is 6.54 Å². The van der Waals surface area contributed by atoms with Crippen LogP contribution in [0.2, 0.25) is 0 Å². The van der Waals surface area contributed by atoms with Crippen LogP contribution in [0, 0.1) is 11.8 Å². The fraction of sp³-hybridized carbons (Fsp3) is 0.500. The van der Waals surface area contributed by atoms with Crippen LogP contribution in [0.1, 0.15) is 17.3 Å². The van der Waals surface area contributed by atoms with Gasteiger partial charge in [0.15, 0.2) is 5.78 Å². The van der Waals surface area contributed by atoms with Crippen LogP contribution in [0.25, 0.3) is 0 Å². The number of hydrogen-bond acceptors (Lipinski definition) is 4. The molecule has 3 rings (SSSR count). The Morgan fingerprint density at radius 3 is 2.38 bits per heavy atom. The molecule has 1 aromatic carbocycles. The van der Waals surface area contributed by atoms with E-state index in [9.17, 15) is 9.59 Å². The molecule has 112 valence electrons. The summed E-state index contributed by atoms with van der Waals surface area (Å²) in [7, 11) is 0. The van der Waals surface area contributed by atoms with Gasteiger partial charge in [-0.1, -0.05) is 0 Å². The maximum absolute atomic E-state index is 12.1. The summed E-state index contributed by atoms with van der Waals surface area (Å²) in [6, 6.07) is 7.03. The molecule has 0 spiro atoms. The van der Waals surface area contributed by atoms with E-state index >= 15 is 0 Å². The molecule has 21 heavy (non-hydrogen) atoms. The van der Waals surface area contributed by atoms with Crippen molar-refractivity contribution < 1.29 is 9.59 Å². The maximum Gasteiger partial charge on any atom is 0.238 e. The van der Waals surface area contributed by atoms with Crippen molar-refractivity contribution in [3.63, 3.8) is 0 Å². The summed E-state index contributed by atoms with van der Waals surface area (Å²) in [6.07, 6.45) is 0. The number of carbonyl (C=O) groups excluding carboxylic acids is 2. The Balaban J connectivity index is 1.51. The molecule has 2 aliphatic heterocycles. The number of nitrogens with zero attached hydrogens (tertiary/aromatic N) is 1. The predicted octanol–water partition coefficient (Wildman–Crippen LogP) is 0.979. The van der Waals surface area contributed by atoms with Crippen molar-refractivity contribution in [2.45, 2.75) is 6.92 Å². The van der Waals surface area contributed by atoms with Gasteiger partial charge >= 0.3 is 0 Å². The molecule has 0 aliphatic carbocycles. The normalized spacial score (nSPS) is 24.8. The van der Waals surface area contributed by atoms with E-state index in [4.69, 9.17) is 0 Å². The van der Waals surface area contributed by atoms with E-state index in [0.29, 0.717) is 23.9 Å². The lowest BCUT2D eigenvalue weighted by Gasteiger charge is -2.16. The number of Topliss-reactive ketones (excluding diaryl/α,β-unsaturated/α-hetero) is 1. The van der Waals surface area contributed by atoms with Crippen LogP contribution in [-0.2, 0) is 4.79 Å². The monoisotopic (exact) mass is 287 g/mol.